The number of fused-ring (bicyclic) bond motifs is 1. The van der Waals surface area contributed by atoms with Gasteiger partial charge in [-0.3, -0.25) is 9.67 Å². The van der Waals surface area contributed by atoms with E-state index in [1.54, 1.807) is 28.3 Å². The van der Waals surface area contributed by atoms with Gasteiger partial charge < -0.3 is 10.1 Å². The van der Waals surface area contributed by atoms with Crippen molar-refractivity contribution in [2.45, 2.75) is 33.2 Å². The van der Waals surface area contributed by atoms with Gasteiger partial charge in [0, 0.05) is 56.3 Å². The molecule has 0 bridgehead atoms. The predicted octanol–water partition coefficient (Wildman–Crippen LogP) is 4.75. The minimum Gasteiger partial charge on any atom is -0.457 e. The van der Waals surface area contributed by atoms with Gasteiger partial charge in [-0.1, -0.05) is 18.8 Å². The lowest BCUT2D eigenvalue weighted by molar-refractivity contribution is 0.327. The van der Waals surface area contributed by atoms with Crippen LogP contribution in [-0.4, -0.2) is 57.4 Å². The van der Waals surface area contributed by atoms with Gasteiger partial charge in [0.15, 0.2) is 5.13 Å². The summed E-state index contributed by atoms with van der Waals surface area (Å²) in [6, 6.07) is 9.56. The van der Waals surface area contributed by atoms with Crippen molar-refractivity contribution in [1.29, 1.82) is 0 Å². The molecule has 35 heavy (non-hydrogen) atoms. The molecule has 9 nitrogen and oxygen atoms in total. The van der Waals surface area contributed by atoms with Crippen LogP contribution in [0.4, 0.5) is 5.13 Å². The molecule has 1 aliphatic rings. The molecule has 0 amide bonds. The summed E-state index contributed by atoms with van der Waals surface area (Å²) in [6.07, 6.45) is 7.16. The Morgan fingerprint density at radius 2 is 2.06 bits per heavy atom. The lowest BCUT2D eigenvalue weighted by Gasteiger charge is -2.31. The van der Waals surface area contributed by atoms with E-state index in [0.717, 1.165) is 39.4 Å². The number of hydrogen-bond acceptors (Lipinski definition) is 8. The number of anilines is 1. The molecular weight excluding hydrogens is 484 g/mol. The molecule has 11 heteroatoms. The summed E-state index contributed by atoms with van der Waals surface area (Å²) in [5, 5.41) is 8.42. The Hall–Kier alpha value is -3.02. The first kappa shape index (κ1) is 25.1. The third kappa shape index (κ3) is 5.63. The summed E-state index contributed by atoms with van der Waals surface area (Å²) in [6.45, 7) is 2.75. The van der Waals surface area contributed by atoms with Crippen LogP contribution < -0.4 is 10.1 Å². The van der Waals surface area contributed by atoms with Crippen LogP contribution in [0.3, 0.4) is 0 Å². The highest BCUT2D eigenvalue weighted by molar-refractivity contribution is 7.89. The number of rotatable bonds is 7. The Morgan fingerprint density at radius 3 is 2.83 bits per heavy atom. The first-order chi connectivity index (χ1) is 16.4. The Kier molecular flexibility index (Phi) is 7.39. The quantitative estimate of drug-likeness (QED) is 0.380. The molecule has 0 saturated carbocycles. The molecule has 0 radical (unpaired) electrons. The lowest BCUT2D eigenvalue weighted by Crippen LogP contribution is -2.45. The van der Waals surface area contributed by atoms with Crippen LogP contribution in [0.2, 0.25) is 0 Å². The molecule has 186 valence electrons. The molecule has 1 aliphatic heterocycles. The van der Waals surface area contributed by atoms with Gasteiger partial charge in [0.05, 0.1) is 27.9 Å². The highest BCUT2D eigenvalue weighted by Crippen LogP contribution is 2.33. The highest BCUT2D eigenvalue weighted by Gasteiger charge is 2.28. The first-order valence-corrected chi connectivity index (χ1v) is 13.6. The fourth-order valence-electron chi connectivity index (χ4n) is 4.02. The van der Waals surface area contributed by atoms with Crippen LogP contribution in [0.25, 0.3) is 21.5 Å². The standard InChI is InChI=1S/C23H26N6O3S2.CH4/c1-3-34(30,31)29-10-4-5-17(15-29)26-23-27-20-7-6-18(12-22(20)33-23)32-19-8-9-24-21(11-19)16-13-25-28(2)14-16;/h6-9,11-14,17H,3-5,10,15H2,1-2H3,(H,26,27);1H4/t17-;/m0./s1. The van der Waals surface area contributed by atoms with E-state index in [1.807, 2.05) is 43.6 Å². The summed E-state index contributed by atoms with van der Waals surface area (Å²) in [5.41, 5.74) is 2.59. The summed E-state index contributed by atoms with van der Waals surface area (Å²) in [7, 11) is -1.31. The second-order valence-corrected chi connectivity index (χ2v) is 11.6. The van der Waals surface area contributed by atoms with Crippen LogP contribution in [0.15, 0.2) is 48.9 Å². The maximum atomic E-state index is 12.2. The molecule has 0 spiro atoms. The number of nitrogens with zero attached hydrogens (tertiary/aromatic N) is 5. The van der Waals surface area contributed by atoms with Crippen molar-refractivity contribution in [1.82, 2.24) is 24.1 Å². The van der Waals surface area contributed by atoms with Crippen LogP contribution in [-0.2, 0) is 17.1 Å². The van der Waals surface area contributed by atoms with E-state index in [2.05, 4.69) is 20.4 Å². The van der Waals surface area contributed by atoms with Gasteiger partial charge in [-0.2, -0.15) is 9.40 Å². The number of ether oxygens (including phenoxy) is 1. The highest BCUT2D eigenvalue weighted by atomic mass is 32.2. The average molecular weight is 515 g/mol. The Morgan fingerprint density at radius 1 is 1.23 bits per heavy atom. The number of thiazole rings is 1. The van der Waals surface area contributed by atoms with Crippen molar-refractivity contribution in [2.75, 3.05) is 24.2 Å². The Bertz CT molecular complexity index is 1420. The van der Waals surface area contributed by atoms with Crippen molar-refractivity contribution in [3.63, 3.8) is 0 Å². The molecule has 1 N–H and O–H groups in total. The Labute approximate surface area is 209 Å². The first-order valence-electron chi connectivity index (χ1n) is 11.2. The van der Waals surface area contributed by atoms with Crippen molar-refractivity contribution < 1.29 is 13.2 Å². The van der Waals surface area contributed by atoms with Crippen molar-refractivity contribution in [2.24, 2.45) is 7.05 Å². The van der Waals surface area contributed by atoms with E-state index in [0.29, 0.717) is 24.6 Å². The largest absolute Gasteiger partial charge is 0.457 e. The fraction of sp³-hybridized carbons (Fsp3) is 0.375. The average Bonchev–Trinajstić information content (AvgIpc) is 3.44. The van der Waals surface area contributed by atoms with Crippen molar-refractivity contribution in [3.05, 3.63) is 48.9 Å². The molecular formula is C24H30N6O3S2. The number of aryl methyl sites for hydroxylation is 1. The van der Waals surface area contributed by atoms with E-state index in [-0.39, 0.29) is 19.2 Å². The van der Waals surface area contributed by atoms with Crippen molar-refractivity contribution >= 4 is 36.7 Å². The molecule has 0 unspecified atom stereocenters. The smallest absolute Gasteiger partial charge is 0.213 e. The second-order valence-electron chi connectivity index (χ2n) is 8.27. The molecule has 5 rings (SSSR count). The predicted molar refractivity (Wildman–Crippen MR) is 141 cm³/mol. The van der Waals surface area contributed by atoms with Gasteiger partial charge in [0.1, 0.15) is 11.5 Å². The minimum atomic E-state index is -3.18. The molecule has 4 heterocycles. The second kappa shape index (κ2) is 10.3. The zero-order chi connectivity index (χ0) is 23.7. The monoisotopic (exact) mass is 514 g/mol. The summed E-state index contributed by atoms with van der Waals surface area (Å²) in [4.78, 5) is 9.09. The summed E-state index contributed by atoms with van der Waals surface area (Å²) < 4.78 is 34.9. The SMILES string of the molecule is C.CCS(=O)(=O)N1CCC[C@H](Nc2nc3ccc(Oc4ccnc(-c5cnn(C)c5)c4)cc3s2)C1. The van der Waals surface area contributed by atoms with Crippen LogP contribution >= 0.6 is 11.3 Å². The molecule has 1 saturated heterocycles. The summed E-state index contributed by atoms with van der Waals surface area (Å²) >= 11 is 1.54. The van der Waals surface area contributed by atoms with E-state index in [1.165, 1.54) is 11.3 Å². The minimum absolute atomic E-state index is 0. The number of pyridine rings is 1. The lowest BCUT2D eigenvalue weighted by atomic mass is 10.1. The zero-order valence-electron chi connectivity index (χ0n) is 19.0. The van der Waals surface area contributed by atoms with Gasteiger partial charge in [-0.05, 0) is 38.0 Å². The maximum Gasteiger partial charge on any atom is 0.213 e. The van der Waals surface area contributed by atoms with Gasteiger partial charge in [-0.25, -0.2) is 13.4 Å². The molecule has 1 aromatic carbocycles. The van der Waals surface area contributed by atoms with E-state index in [4.69, 9.17) is 4.74 Å². The van der Waals surface area contributed by atoms with E-state index in [9.17, 15) is 8.42 Å². The van der Waals surface area contributed by atoms with Crippen molar-refractivity contribution in [3.8, 4) is 22.8 Å². The number of hydrogen-bond donors (Lipinski definition) is 1. The number of benzene rings is 1. The maximum absolute atomic E-state index is 12.2. The van der Waals surface area contributed by atoms with Gasteiger partial charge in [0.25, 0.3) is 0 Å². The zero-order valence-corrected chi connectivity index (χ0v) is 20.6. The fourth-order valence-corrected chi connectivity index (χ4v) is 6.17. The van der Waals surface area contributed by atoms with Gasteiger partial charge >= 0.3 is 0 Å². The van der Waals surface area contributed by atoms with Gasteiger partial charge in [0.2, 0.25) is 10.0 Å². The molecule has 1 fully saturated rings. The number of nitrogens with one attached hydrogen (secondary N) is 1. The van der Waals surface area contributed by atoms with E-state index < -0.39 is 10.0 Å². The van der Waals surface area contributed by atoms with Crippen LogP contribution in [0.5, 0.6) is 11.5 Å². The number of aromatic nitrogens is 4. The third-order valence-corrected chi connectivity index (χ3v) is 8.59. The Balaban J connectivity index is 0.00000289. The molecule has 3 aromatic heterocycles. The number of sulfonamides is 1. The molecule has 4 aromatic rings. The number of piperidine rings is 1. The third-order valence-electron chi connectivity index (χ3n) is 5.80. The van der Waals surface area contributed by atoms with Crippen LogP contribution in [0.1, 0.15) is 27.2 Å². The van der Waals surface area contributed by atoms with Gasteiger partial charge in [-0.15, -0.1) is 0 Å². The van der Waals surface area contributed by atoms with Crippen LogP contribution in [0, 0.1) is 0 Å². The topological polar surface area (TPSA) is 102 Å². The summed E-state index contributed by atoms with van der Waals surface area (Å²) in [5.74, 6) is 1.53. The van der Waals surface area contributed by atoms with E-state index >= 15 is 0 Å². The molecule has 1 atom stereocenters. The molecule has 0 aliphatic carbocycles. The normalized spacial score (nSPS) is 16.7.